The second-order valence-electron chi connectivity index (χ2n) is 7.10. The number of thiophene rings is 2. The van der Waals surface area contributed by atoms with Gasteiger partial charge >= 0.3 is 5.97 Å². The van der Waals surface area contributed by atoms with Gasteiger partial charge in [-0.2, -0.15) is 4.98 Å². The van der Waals surface area contributed by atoms with Crippen molar-refractivity contribution in [3.8, 4) is 10.7 Å². The van der Waals surface area contributed by atoms with Crippen molar-refractivity contribution < 1.29 is 14.1 Å². The first-order valence-electron chi connectivity index (χ1n) is 9.68. The first-order chi connectivity index (χ1) is 14.6. The molecule has 4 aromatic rings. The van der Waals surface area contributed by atoms with E-state index in [2.05, 4.69) is 15.1 Å². The maximum Gasteiger partial charge on any atom is 0.349 e. The number of esters is 1. The molecule has 0 aliphatic carbocycles. The van der Waals surface area contributed by atoms with Crippen LogP contribution in [0.25, 0.3) is 20.9 Å². The number of hydrogen-bond donors (Lipinski definition) is 0. The van der Waals surface area contributed by atoms with E-state index in [1.165, 1.54) is 22.7 Å². The lowest BCUT2D eigenvalue weighted by atomic mass is 10.2. The molecule has 5 rings (SSSR count). The van der Waals surface area contributed by atoms with Gasteiger partial charge in [0, 0.05) is 13.0 Å². The molecule has 4 aromatic heterocycles. The lowest BCUT2D eigenvalue weighted by Gasteiger charge is -2.08. The fourth-order valence-corrected chi connectivity index (χ4v) is 5.35. The highest BCUT2D eigenvalue weighted by Gasteiger charge is 2.23. The van der Waals surface area contributed by atoms with Gasteiger partial charge in [-0.3, -0.25) is 9.36 Å². The standard InChI is InChI=1S/C20H18N4O4S2/c1-11-15-18(21-13-7-3-2-4-8-24(13)19(15)25)30-16(11)20(26)27-10-14-22-17(23-28-14)12-6-5-9-29-12/h5-6,9H,2-4,7-8,10H2,1H3. The maximum absolute atomic E-state index is 13.0. The molecular formula is C20H18N4O4S2. The Morgan fingerprint density at radius 2 is 2.20 bits per heavy atom. The van der Waals surface area contributed by atoms with Crippen molar-refractivity contribution in [1.29, 1.82) is 0 Å². The van der Waals surface area contributed by atoms with Gasteiger partial charge in [-0.05, 0) is 36.8 Å². The third-order valence-corrected chi connectivity index (χ3v) is 7.16. The van der Waals surface area contributed by atoms with Crippen LogP contribution >= 0.6 is 22.7 Å². The zero-order valence-corrected chi connectivity index (χ0v) is 17.8. The summed E-state index contributed by atoms with van der Waals surface area (Å²) in [5.41, 5.74) is 0.545. The molecule has 0 N–H and O–H groups in total. The molecule has 154 valence electrons. The number of aromatic nitrogens is 4. The van der Waals surface area contributed by atoms with Gasteiger partial charge in [0.25, 0.3) is 11.4 Å². The minimum atomic E-state index is -0.522. The third-order valence-electron chi connectivity index (χ3n) is 5.13. The molecule has 0 bridgehead atoms. The molecule has 1 aliphatic heterocycles. The van der Waals surface area contributed by atoms with Gasteiger partial charge in [-0.1, -0.05) is 17.6 Å². The summed E-state index contributed by atoms with van der Waals surface area (Å²) in [4.78, 5) is 36.5. The van der Waals surface area contributed by atoms with Crippen LogP contribution in [0, 0.1) is 6.92 Å². The molecule has 0 saturated carbocycles. The van der Waals surface area contributed by atoms with E-state index in [0.717, 1.165) is 36.4 Å². The second-order valence-corrected chi connectivity index (χ2v) is 9.04. The highest BCUT2D eigenvalue weighted by molar-refractivity contribution is 7.20. The predicted octanol–water partition coefficient (Wildman–Crippen LogP) is 3.96. The van der Waals surface area contributed by atoms with Crippen molar-refractivity contribution in [1.82, 2.24) is 19.7 Å². The lowest BCUT2D eigenvalue weighted by Crippen LogP contribution is -2.24. The van der Waals surface area contributed by atoms with Crippen LogP contribution in [-0.2, 0) is 24.3 Å². The van der Waals surface area contributed by atoms with Crippen LogP contribution in [0.5, 0.6) is 0 Å². The topological polar surface area (TPSA) is 100 Å². The molecule has 0 atom stereocenters. The molecule has 0 saturated heterocycles. The number of carbonyl (C=O) groups is 1. The van der Waals surface area contributed by atoms with Gasteiger partial charge in [-0.25, -0.2) is 9.78 Å². The van der Waals surface area contributed by atoms with E-state index in [9.17, 15) is 9.59 Å². The summed E-state index contributed by atoms with van der Waals surface area (Å²) in [6, 6.07) is 3.79. The SMILES string of the molecule is Cc1c(C(=O)OCc2nc(-c3cccs3)no2)sc2nc3n(c(=O)c12)CCCCC3. The number of nitrogens with zero attached hydrogens (tertiary/aromatic N) is 4. The normalized spacial score (nSPS) is 13.9. The Balaban J connectivity index is 1.39. The van der Waals surface area contributed by atoms with Crippen LogP contribution < -0.4 is 5.56 Å². The Morgan fingerprint density at radius 1 is 1.30 bits per heavy atom. The number of aryl methyl sites for hydroxylation is 2. The lowest BCUT2D eigenvalue weighted by molar-refractivity contribution is 0.0435. The Kier molecular flexibility index (Phi) is 4.95. The van der Waals surface area contributed by atoms with Gasteiger partial charge in [0.1, 0.15) is 15.5 Å². The van der Waals surface area contributed by atoms with Gasteiger partial charge in [0.15, 0.2) is 6.61 Å². The van der Waals surface area contributed by atoms with E-state index < -0.39 is 5.97 Å². The molecule has 0 unspecified atom stereocenters. The van der Waals surface area contributed by atoms with Crippen molar-refractivity contribution in [2.45, 2.75) is 45.8 Å². The molecular weight excluding hydrogens is 424 g/mol. The minimum Gasteiger partial charge on any atom is -0.451 e. The van der Waals surface area contributed by atoms with E-state index in [4.69, 9.17) is 9.26 Å². The van der Waals surface area contributed by atoms with Crippen molar-refractivity contribution in [3.05, 3.63) is 50.0 Å². The quantitative estimate of drug-likeness (QED) is 0.441. The largest absolute Gasteiger partial charge is 0.451 e. The zero-order valence-electron chi connectivity index (χ0n) is 16.2. The van der Waals surface area contributed by atoms with E-state index in [1.807, 2.05) is 17.5 Å². The Labute approximate surface area is 179 Å². The average molecular weight is 443 g/mol. The molecule has 0 amide bonds. The number of rotatable bonds is 4. The summed E-state index contributed by atoms with van der Waals surface area (Å²) < 4.78 is 12.3. The monoisotopic (exact) mass is 442 g/mol. The molecule has 30 heavy (non-hydrogen) atoms. The van der Waals surface area contributed by atoms with Crippen molar-refractivity contribution in [2.75, 3.05) is 0 Å². The fraction of sp³-hybridized carbons (Fsp3) is 0.350. The molecule has 0 spiro atoms. The molecule has 8 nitrogen and oxygen atoms in total. The smallest absolute Gasteiger partial charge is 0.349 e. The Bertz CT molecular complexity index is 1290. The van der Waals surface area contributed by atoms with Crippen LogP contribution in [0.15, 0.2) is 26.8 Å². The Morgan fingerprint density at radius 3 is 3.03 bits per heavy atom. The maximum atomic E-state index is 13.0. The second kappa shape index (κ2) is 7.77. The molecule has 0 radical (unpaired) electrons. The van der Waals surface area contributed by atoms with Crippen molar-refractivity contribution in [3.63, 3.8) is 0 Å². The highest BCUT2D eigenvalue weighted by Crippen LogP contribution is 2.29. The predicted molar refractivity (Wildman–Crippen MR) is 113 cm³/mol. The number of carbonyl (C=O) groups excluding carboxylic acids is 1. The van der Waals surface area contributed by atoms with Crippen LogP contribution in [0.3, 0.4) is 0 Å². The molecule has 0 aromatic carbocycles. The number of ether oxygens (including phenoxy) is 1. The summed E-state index contributed by atoms with van der Waals surface area (Å²) in [6.45, 7) is 2.31. The van der Waals surface area contributed by atoms with Crippen molar-refractivity contribution in [2.24, 2.45) is 0 Å². The summed E-state index contributed by atoms with van der Waals surface area (Å²) in [5, 5.41) is 6.34. The fourth-order valence-electron chi connectivity index (χ4n) is 3.62. The van der Waals surface area contributed by atoms with E-state index >= 15 is 0 Å². The van der Waals surface area contributed by atoms with E-state index in [-0.39, 0.29) is 18.1 Å². The zero-order chi connectivity index (χ0) is 20.7. The van der Waals surface area contributed by atoms with Gasteiger partial charge in [0.2, 0.25) is 5.82 Å². The summed E-state index contributed by atoms with van der Waals surface area (Å²) in [6.07, 6.45) is 3.87. The van der Waals surface area contributed by atoms with Gasteiger partial charge in [0.05, 0.1) is 10.3 Å². The average Bonchev–Trinajstić information content (AvgIpc) is 3.44. The van der Waals surface area contributed by atoms with Gasteiger partial charge < -0.3 is 9.26 Å². The summed E-state index contributed by atoms with van der Waals surface area (Å²) in [5.74, 6) is 0.965. The first-order valence-corrected chi connectivity index (χ1v) is 11.4. The first kappa shape index (κ1) is 19.1. The summed E-state index contributed by atoms with van der Waals surface area (Å²) >= 11 is 2.70. The summed E-state index contributed by atoms with van der Waals surface area (Å²) in [7, 11) is 0. The van der Waals surface area contributed by atoms with Crippen LogP contribution in [0.4, 0.5) is 0 Å². The van der Waals surface area contributed by atoms with Crippen LogP contribution in [-0.4, -0.2) is 25.7 Å². The third kappa shape index (κ3) is 3.35. The van der Waals surface area contributed by atoms with Crippen molar-refractivity contribution >= 4 is 38.9 Å². The van der Waals surface area contributed by atoms with E-state index in [0.29, 0.717) is 33.0 Å². The minimum absolute atomic E-state index is 0.0674. The highest BCUT2D eigenvalue weighted by atomic mass is 32.1. The molecule has 5 heterocycles. The Hall–Kier alpha value is -2.85. The number of fused-ring (bicyclic) bond motifs is 2. The van der Waals surface area contributed by atoms with Crippen LogP contribution in [0.2, 0.25) is 0 Å². The molecule has 10 heteroatoms. The molecule has 1 aliphatic rings. The molecule has 0 fully saturated rings. The number of hydrogen-bond acceptors (Lipinski definition) is 9. The van der Waals surface area contributed by atoms with Gasteiger partial charge in [-0.15, -0.1) is 22.7 Å². The van der Waals surface area contributed by atoms with Crippen LogP contribution in [0.1, 0.15) is 46.2 Å². The van der Waals surface area contributed by atoms with E-state index in [1.54, 1.807) is 11.5 Å².